The molecule has 6 nitrogen and oxygen atoms in total. The molecule has 1 saturated heterocycles. The van der Waals surface area contributed by atoms with Crippen molar-refractivity contribution >= 4 is 16.9 Å². The molecule has 2 N–H and O–H groups in total. The molecule has 0 radical (unpaired) electrons. The number of fused-ring (bicyclic) bond motifs is 1. The van der Waals surface area contributed by atoms with Gasteiger partial charge in [0.2, 0.25) is 0 Å². The van der Waals surface area contributed by atoms with E-state index in [1.54, 1.807) is 29.4 Å². The zero-order chi connectivity index (χ0) is 20.0. The smallest absolute Gasteiger partial charge is 0.256 e. The van der Waals surface area contributed by atoms with Crippen molar-refractivity contribution in [2.75, 3.05) is 6.54 Å². The number of nitrogens with one attached hydrogen (secondary N) is 2. The van der Waals surface area contributed by atoms with Crippen LogP contribution in [0.2, 0.25) is 0 Å². The molecular formula is C22H20FN5O. The Morgan fingerprint density at radius 1 is 1.24 bits per heavy atom. The predicted molar refractivity (Wildman–Crippen MR) is 108 cm³/mol. The van der Waals surface area contributed by atoms with Crippen molar-refractivity contribution in [2.24, 2.45) is 0 Å². The molecule has 0 bridgehead atoms. The molecule has 3 aromatic heterocycles. The molecule has 7 heteroatoms. The van der Waals surface area contributed by atoms with Gasteiger partial charge in [-0.2, -0.15) is 5.10 Å². The van der Waals surface area contributed by atoms with E-state index in [4.69, 9.17) is 0 Å². The van der Waals surface area contributed by atoms with Crippen molar-refractivity contribution in [2.45, 2.75) is 25.8 Å². The first-order chi connectivity index (χ1) is 14.1. The standard InChI is InChI=1S/C22H20FN5O/c1-13-16(12-25-27-13)19-9-8-14-17(11-24-21(14)26-19)22(29)28-10-4-7-20(28)15-5-2-3-6-18(15)23/h2-3,5-6,8-9,11-12,20H,4,7,10H2,1H3,(H,24,26)(H,25,27)/t20-/m1/s1. The van der Waals surface area contributed by atoms with Gasteiger partial charge in [-0.05, 0) is 38.0 Å². The largest absolute Gasteiger partial charge is 0.345 e. The first kappa shape index (κ1) is 17.6. The van der Waals surface area contributed by atoms with Crippen LogP contribution in [0.3, 0.4) is 0 Å². The van der Waals surface area contributed by atoms with E-state index in [1.807, 2.05) is 25.1 Å². The molecular weight excluding hydrogens is 369 g/mol. The molecule has 0 spiro atoms. The van der Waals surface area contributed by atoms with Crippen LogP contribution in [0.5, 0.6) is 0 Å². The molecule has 4 aromatic rings. The first-order valence-electron chi connectivity index (χ1n) is 9.67. The fourth-order valence-corrected chi connectivity index (χ4v) is 4.17. The van der Waals surface area contributed by atoms with E-state index in [2.05, 4.69) is 20.2 Å². The minimum absolute atomic E-state index is 0.101. The maximum Gasteiger partial charge on any atom is 0.256 e. The number of amides is 1. The van der Waals surface area contributed by atoms with Crippen LogP contribution in [0.25, 0.3) is 22.3 Å². The molecule has 1 atom stereocenters. The monoisotopic (exact) mass is 389 g/mol. The van der Waals surface area contributed by atoms with Crippen LogP contribution in [0.1, 0.15) is 40.5 Å². The van der Waals surface area contributed by atoms with Gasteiger partial charge in [0.1, 0.15) is 11.5 Å². The number of carbonyl (C=O) groups excluding carboxylic acids is 1. The lowest BCUT2D eigenvalue weighted by Gasteiger charge is -2.25. The van der Waals surface area contributed by atoms with Gasteiger partial charge in [-0.15, -0.1) is 0 Å². The quantitative estimate of drug-likeness (QED) is 0.546. The van der Waals surface area contributed by atoms with Gasteiger partial charge < -0.3 is 9.88 Å². The number of hydrogen-bond donors (Lipinski definition) is 2. The summed E-state index contributed by atoms with van der Waals surface area (Å²) in [4.78, 5) is 22.9. The highest BCUT2D eigenvalue weighted by molar-refractivity contribution is 6.06. The van der Waals surface area contributed by atoms with Gasteiger partial charge in [-0.1, -0.05) is 18.2 Å². The Kier molecular flexibility index (Phi) is 4.16. The Morgan fingerprint density at radius 2 is 2.10 bits per heavy atom. The van der Waals surface area contributed by atoms with Crippen LogP contribution in [-0.4, -0.2) is 37.5 Å². The summed E-state index contributed by atoms with van der Waals surface area (Å²) in [5.41, 5.74) is 4.43. The van der Waals surface area contributed by atoms with E-state index in [0.717, 1.165) is 35.2 Å². The Bertz CT molecular complexity index is 1210. The molecule has 5 rings (SSSR count). The van der Waals surface area contributed by atoms with Gasteiger partial charge in [-0.25, -0.2) is 9.37 Å². The van der Waals surface area contributed by atoms with Crippen LogP contribution in [0.15, 0.2) is 48.8 Å². The first-order valence-corrected chi connectivity index (χ1v) is 9.67. The number of nitrogens with zero attached hydrogens (tertiary/aromatic N) is 3. The number of rotatable bonds is 3. The molecule has 0 unspecified atom stereocenters. The molecule has 1 fully saturated rings. The average Bonchev–Trinajstić information content (AvgIpc) is 3.46. The lowest BCUT2D eigenvalue weighted by atomic mass is 10.0. The summed E-state index contributed by atoms with van der Waals surface area (Å²) in [7, 11) is 0. The number of likely N-dealkylation sites (tertiary alicyclic amines) is 1. The maximum absolute atomic E-state index is 14.3. The number of hydrogen-bond acceptors (Lipinski definition) is 3. The van der Waals surface area contributed by atoms with Crippen LogP contribution in [-0.2, 0) is 0 Å². The van der Waals surface area contributed by atoms with E-state index in [1.165, 1.54) is 6.07 Å². The zero-order valence-electron chi connectivity index (χ0n) is 15.9. The molecule has 1 aromatic carbocycles. The van der Waals surface area contributed by atoms with E-state index < -0.39 is 0 Å². The highest BCUT2D eigenvalue weighted by Gasteiger charge is 2.33. The number of benzene rings is 1. The van der Waals surface area contributed by atoms with Gasteiger partial charge in [0.05, 0.1) is 23.5 Å². The number of pyridine rings is 1. The van der Waals surface area contributed by atoms with E-state index in [9.17, 15) is 9.18 Å². The molecule has 4 heterocycles. The number of halogens is 1. The highest BCUT2D eigenvalue weighted by atomic mass is 19.1. The summed E-state index contributed by atoms with van der Waals surface area (Å²) in [6.07, 6.45) is 5.05. The Labute approximate surface area is 166 Å². The van der Waals surface area contributed by atoms with Crippen LogP contribution >= 0.6 is 0 Å². The summed E-state index contributed by atoms with van der Waals surface area (Å²) >= 11 is 0. The Hall–Kier alpha value is -3.48. The Balaban J connectivity index is 1.50. The number of aromatic amines is 2. The molecule has 0 saturated carbocycles. The van der Waals surface area contributed by atoms with Crippen LogP contribution < -0.4 is 0 Å². The summed E-state index contributed by atoms with van der Waals surface area (Å²) in [6, 6.07) is 10.3. The minimum atomic E-state index is -0.266. The average molecular weight is 389 g/mol. The zero-order valence-corrected chi connectivity index (χ0v) is 15.9. The third-order valence-electron chi connectivity index (χ3n) is 5.65. The van der Waals surface area contributed by atoms with E-state index in [0.29, 0.717) is 23.3 Å². The van der Waals surface area contributed by atoms with Crippen LogP contribution in [0, 0.1) is 12.7 Å². The SMILES string of the molecule is Cc1[nH]ncc1-c1ccc2c(C(=O)N3CCC[C@@H]3c3ccccc3F)c[nH]c2n1. The fourth-order valence-electron chi connectivity index (χ4n) is 4.17. The van der Waals surface area contributed by atoms with Crippen molar-refractivity contribution < 1.29 is 9.18 Å². The maximum atomic E-state index is 14.3. The summed E-state index contributed by atoms with van der Waals surface area (Å²) < 4.78 is 14.3. The second-order valence-corrected chi connectivity index (χ2v) is 7.38. The lowest BCUT2D eigenvalue weighted by molar-refractivity contribution is 0.0735. The van der Waals surface area contributed by atoms with Crippen molar-refractivity contribution in [1.29, 1.82) is 0 Å². The number of H-pyrrole nitrogens is 2. The normalized spacial score (nSPS) is 16.6. The Morgan fingerprint density at radius 3 is 2.90 bits per heavy atom. The minimum Gasteiger partial charge on any atom is -0.345 e. The van der Waals surface area contributed by atoms with Crippen molar-refractivity contribution in [1.82, 2.24) is 25.1 Å². The molecule has 1 aliphatic rings. The van der Waals surface area contributed by atoms with E-state index >= 15 is 0 Å². The third-order valence-corrected chi connectivity index (χ3v) is 5.65. The number of aromatic nitrogens is 4. The third kappa shape index (κ3) is 2.90. The summed E-state index contributed by atoms with van der Waals surface area (Å²) in [5, 5.41) is 7.71. The highest BCUT2D eigenvalue weighted by Crippen LogP contribution is 2.35. The van der Waals surface area contributed by atoms with Crippen molar-refractivity contribution in [3.8, 4) is 11.3 Å². The van der Waals surface area contributed by atoms with Gasteiger partial charge in [0.25, 0.3) is 5.91 Å². The van der Waals surface area contributed by atoms with Gasteiger partial charge in [-0.3, -0.25) is 9.89 Å². The second-order valence-electron chi connectivity index (χ2n) is 7.38. The summed E-state index contributed by atoms with van der Waals surface area (Å²) in [6.45, 7) is 2.55. The van der Waals surface area contributed by atoms with E-state index in [-0.39, 0.29) is 17.8 Å². The van der Waals surface area contributed by atoms with Gasteiger partial charge in [0, 0.05) is 34.9 Å². The van der Waals surface area contributed by atoms with Crippen molar-refractivity contribution in [3.63, 3.8) is 0 Å². The summed E-state index contributed by atoms with van der Waals surface area (Å²) in [5.74, 6) is -0.367. The fraction of sp³-hybridized carbons (Fsp3) is 0.227. The molecule has 146 valence electrons. The van der Waals surface area contributed by atoms with Gasteiger partial charge >= 0.3 is 0 Å². The number of carbonyl (C=O) groups is 1. The molecule has 0 aliphatic carbocycles. The second kappa shape index (κ2) is 6.84. The molecule has 29 heavy (non-hydrogen) atoms. The predicted octanol–water partition coefficient (Wildman–Crippen LogP) is 4.38. The topological polar surface area (TPSA) is 77.7 Å². The molecule has 1 amide bonds. The van der Waals surface area contributed by atoms with Gasteiger partial charge in [0.15, 0.2) is 0 Å². The molecule has 1 aliphatic heterocycles. The van der Waals surface area contributed by atoms with Crippen LogP contribution in [0.4, 0.5) is 4.39 Å². The number of aryl methyl sites for hydroxylation is 1. The van der Waals surface area contributed by atoms with Crippen molar-refractivity contribution in [3.05, 3.63) is 71.4 Å². The lowest BCUT2D eigenvalue weighted by Crippen LogP contribution is -2.30.